The Bertz CT molecular complexity index is 187. The van der Waals surface area contributed by atoms with Gasteiger partial charge in [-0.3, -0.25) is 4.79 Å². The van der Waals surface area contributed by atoms with Crippen LogP contribution < -0.4 is 5.32 Å². The lowest BCUT2D eigenvalue weighted by Gasteiger charge is -2.30. The molecule has 82 valence electrons. The van der Waals surface area contributed by atoms with Gasteiger partial charge in [-0.05, 0) is 26.3 Å². The molecule has 1 saturated heterocycles. The molecule has 0 bridgehead atoms. The van der Waals surface area contributed by atoms with Crippen LogP contribution in [-0.2, 0) is 4.79 Å². The Morgan fingerprint density at radius 3 is 2.93 bits per heavy atom. The van der Waals surface area contributed by atoms with Crippen molar-refractivity contribution in [2.75, 3.05) is 26.7 Å². The van der Waals surface area contributed by atoms with Crippen molar-refractivity contribution in [2.24, 2.45) is 5.92 Å². The highest BCUT2D eigenvalue weighted by Crippen LogP contribution is 2.13. The zero-order valence-electron chi connectivity index (χ0n) is 8.99. The molecule has 1 aliphatic rings. The molecule has 14 heavy (non-hydrogen) atoms. The molecular formula is C10H20N2O2. The van der Waals surface area contributed by atoms with Crippen LogP contribution in [0.2, 0.25) is 0 Å². The number of nitrogens with zero attached hydrogens (tertiary/aromatic N) is 1. The van der Waals surface area contributed by atoms with Crippen molar-refractivity contribution in [1.82, 2.24) is 10.2 Å². The molecule has 1 rings (SSSR count). The van der Waals surface area contributed by atoms with Gasteiger partial charge < -0.3 is 15.3 Å². The zero-order chi connectivity index (χ0) is 10.6. The molecule has 1 amide bonds. The van der Waals surface area contributed by atoms with Crippen LogP contribution in [-0.4, -0.2) is 48.7 Å². The van der Waals surface area contributed by atoms with Crippen molar-refractivity contribution in [3.63, 3.8) is 0 Å². The lowest BCUT2D eigenvalue weighted by atomic mass is 9.98. The van der Waals surface area contributed by atoms with E-state index in [4.69, 9.17) is 5.11 Å². The third kappa shape index (κ3) is 2.69. The molecule has 2 atom stereocenters. The van der Waals surface area contributed by atoms with Crippen molar-refractivity contribution in [1.29, 1.82) is 0 Å². The molecule has 2 N–H and O–H groups in total. The molecule has 0 aromatic carbocycles. The van der Waals surface area contributed by atoms with Gasteiger partial charge in [-0.15, -0.1) is 0 Å². The molecule has 1 heterocycles. The standard InChI is InChI=1S/C10H20N2O2/c1-8(7-13)12(2)10(14)9-4-3-5-11-6-9/h8-9,11,13H,3-7H2,1-2H3. The highest BCUT2D eigenvalue weighted by atomic mass is 16.3. The van der Waals surface area contributed by atoms with E-state index in [1.807, 2.05) is 6.92 Å². The Kier molecular flexibility index (Phi) is 4.35. The number of aliphatic hydroxyl groups excluding tert-OH is 1. The third-order valence-corrected chi connectivity index (χ3v) is 2.92. The van der Waals surface area contributed by atoms with Crippen LogP contribution in [0.15, 0.2) is 0 Å². The molecule has 4 heteroatoms. The van der Waals surface area contributed by atoms with Crippen LogP contribution in [0.5, 0.6) is 0 Å². The maximum absolute atomic E-state index is 11.9. The maximum atomic E-state index is 11.9. The Morgan fingerprint density at radius 2 is 2.43 bits per heavy atom. The van der Waals surface area contributed by atoms with Gasteiger partial charge in [0, 0.05) is 13.6 Å². The van der Waals surface area contributed by atoms with Crippen molar-refractivity contribution in [3.8, 4) is 0 Å². The maximum Gasteiger partial charge on any atom is 0.227 e. The van der Waals surface area contributed by atoms with Crippen LogP contribution in [0.25, 0.3) is 0 Å². The Balaban J connectivity index is 2.46. The second kappa shape index (κ2) is 5.32. The van der Waals surface area contributed by atoms with E-state index in [0.29, 0.717) is 0 Å². The number of rotatable bonds is 3. The second-order valence-corrected chi connectivity index (χ2v) is 4.02. The summed E-state index contributed by atoms with van der Waals surface area (Å²) in [6, 6.07) is -0.0792. The van der Waals surface area contributed by atoms with Gasteiger partial charge in [0.25, 0.3) is 0 Å². The Morgan fingerprint density at radius 1 is 1.71 bits per heavy atom. The van der Waals surface area contributed by atoms with Gasteiger partial charge in [-0.1, -0.05) is 0 Å². The third-order valence-electron chi connectivity index (χ3n) is 2.92. The van der Waals surface area contributed by atoms with E-state index >= 15 is 0 Å². The molecule has 0 aromatic heterocycles. The van der Waals surface area contributed by atoms with Gasteiger partial charge in [-0.25, -0.2) is 0 Å². The summed E-state index contributed by atoms with van der Waals surface area (Å²) in [5.41, 5.74) is 0. The predicted octanol–water partition coefficient (Wildman–Crippen LogP) is -0.175. The molecule has 1 fully saturated rings. The number of carbonyl (C=O) groups excluding carboxylic acids is 1. The highest BCUT2D eigenvalue weighted by molar-refractivity contribution is 5.79. The van der Waals surface area contributed by atoms with E-state index in [9.17, 15) is 4.79 Å². The average Bonchev–Trinajstić information content (AvgIpc) is 2.27. The van der Waals surface area contributed by atoms with Gasteiger partial charge in [-0.2, -0.15) is 0 Å². The summed E-state index contributed by atoms with van der Waals surface area (Å²) in [5.74, 6) is 0.251. The van der Waals surface area contributed by atoms with E-state index in [1.165, 1.54) is 0 Å². The lowest BCUT2D eigenvalue weighted by Crippen LogP contribution is -2.45. The number of piperidine rings is 1. The topological polar surface area (TPSA) is 52.6 Å². The highest BCUT2D eigenvalue weighted by Gasteiger charge is 2.25. The van der Waals surface area contributed by atoms with Crippen LogP contribution in [0.4, 0.5) is 0 Å². The molecule has 2 unspecified atom stereocenters. The van der Waals surface area contributed by atoms with E-state index < -0.39 is 0 Å². The molecule has 0 saturated carbocycles. The number of carbonyl (C=O) groups is 1. The molecule has 4 nitrogen and oxygen atoms in total. The first-order valence-corrected chi connectivity index (χ1v) is 5.25. The summed E-state index contributed by atoms with van der Waals surface area (Å²) >= 11 is 0. The first kappa shape index (κ1) is 11.5. The van der Waals surface area contributed by atoms with Gasteiger partial charge in [0.15, 0.2) is 0 Å². The van der Waals surface area contributed by atoms with Gasteiger partial charge in [0.1, 0.15) is 0 Å². The van der Waals surface area contributed by atoms with E-state index in [-0.39, 0.29) is 24.5 Å². The molecule has 1 aliphatic heterocycles. The number of nitrogens with one attached hydrogen (secondary N) is 1. The molecule has 0 aliphatic carbocycles. The summed E-state index contributed by atoms with van der Waals surface area (Å²) in [7, 11) is 1.76. The second-order valence-electron chi connectivity index (χ2n) is 4.02. The van der Waals surface area contributed by atoms with Crippen molar-refractivity contribution >= 4 is 5.91 Å². The Hall–Kier alpha value is -0.610. The molecule has 0 spiro atoms. The van der Waals surface area contributed by atoms with E-state index in [1.54, 1.807) is 11.9 Å². The van der Waals surface area contributed by atoms with Gasteiger partial charge in [0.05, 0.1) is 18.6 Å². The van der Waals surface area contributed by atoms with Crippen molar-refractivity contribution < 1.29 is 9.90 Å². The average molecular weight is 200 g/mol. The molecular weight excluding hydrogens is 180 g/mol. The van der Waals surface area contributed by atoms with Gasteiger partial charge >= 0.3 is 0 Å². The first-order chi connectivity index (χ1) is 6.66. The molecule has 0 radical (unpaired) electrons. The fourth-order valence-electron chi connectivity index (χ4n) is 1.69. The fraction of sp³-hybridized carbons (Fsp3) is 0.900. The monoisotopic (exact) mass is 200 g/mol. The molecule has 0 aromatic rings. The van der Waals surface area contributed by atoms with Crippen molar-refractivity contribution in [3.05, 3.63) is 0 Å². The smallest absolute Gasteiger partial charge is 0.227 e. The predicted molar refractivity (Wildman–Crippen MR) is 54.9 cm³/mol. The number of aliphatic hydroxyl groups is 1. The summed E-state index contributed by atoms with van der Waals surface area (Å²) in [5, 5.41) is 12.2. The van der Waals surface area contributed by atoms with Crippen LogP contribution in [0, 0.1) is 5.92 Å². The van der Waals surface area contributed by atoms with E-state index in [0.717, 1.165) is 25.9 Å². The van der Waals surface area contributed by atoms with Gasteiger partial charge in [0.2, 0.25) is 5.91 Å². The number of amides is 1. The normalized spacial score (nSPS) is 24.4. The lowest BCUT2D eigenvalue weighted by molar-refractivity contribution is -0.137. The summed E-state index contributed by atoms with van der Waals surface area (Å²) < 4.78 is 0. The van der Waals surface area contributed by atoms with Crippen LogP contribution in [0.1, 0.15) is 19.8 Å². The van der Waals surface area contributed by atoms with Crippen LogP contribution in [0.3, 0.4) is 0 Å². The minimum Gasteiger partial charge on any atom is -0.394 e. The number of hydrogen-bond donors (Lipinski definition) is 2. The Labute approximate surface area is 85.3 Å². The van der Waals surface area contributed by atoms with E-state index in [2.05, 4.69) is 5.32 Å². The summed E-state index contributed by atoms with van der Waals surface area (Å²) in [6.07, 6.45) is 2.03. The zero-order valence-corrected chi connectivity index (χ0v) is 8.99. The minimum atomic E-state index is -0.0792. The first-order valence-electron chi connectivity index (χ1n) is 5.25. The number of likely N-dealkylation sites (N-methyl/N-ethyl adjacent to an activating group) is 1. The van der Waals surface area contributed by atoms with Crippen molar-refractivity contribution in [2.45, 2.75) is 25.8 Å². The minimum absolute atomic E-state index is 0.0301. The largest absolute Gasteiger partial charge is 0.394 e. The summed E-state index contributed by atoms with van der Waals surface area (Å²) in [4.78, 5) is 13.5. The number of hydrogen-bond acceptors (Lipinski definition) is 3. The van der Waals surface area contributed by atoms with Crippen LogP contribution >= 0.6 is 0 Å². The fourth-order valence-corrected chi connectivity index (χ4v) is 1.69. The SMILES string of the molecule is CC(CO)N(C)C(=O)C1CCCNC1. The summed E-state index contributed by atoms with van der Waals surface area (Å²) in [6.45, 7) is 3.68. The quantitative estimate of drug-likeness (QED) is 0.665.